The van der Waals surface area contributed by atoms with E-state index in [0.29, 0.717) is 21.6 Å². The average Bonchev–Trinajstić information content (AvgIpc) is 3.26. The van der Waals surface area contributed by atoms with E-state index >= 15 is 0 Å². The molecular weight excluding hydrogens is 391 g/mol. The first kappa shape index (κ1) is 15.5. The van der Waals surface area contributed by atoms with Crippen LogP contribution in [0.15, 0.2) is 63.9 Å². The Morgan fingerprint density at radius 2 is 2.16 bits per heavy atom. The van der Waals surface area contributed by atoms with Crippen LogP contribution in [-0.4, -0.2) is 20.5 Å². The molecule has 1 amide bonds. The molecule has 3 aromatic heterocycles. The Bertz CT molecular complexity index is 1080. The van der Waals surface area contributed by atoms with E-state index in [1.54, 1.807) is 36.7 Å². The second-order valence-corrected chi connectivity index (χ2v) is 6.10. The molecule has 0 spiro atoms. The summed E-state index contributed by atoms with van der Waals surface area (Å²) in [4.78, 5) is 16.7. The summed E-state index contributed by atoms with van der Waals surface area (Å²) in [6.07, 6.45) is 4.50. The number of rotatable bonds is 3. The van der Waals surface area contributed by atoms with Gasteiger partial charge >= 0.3 is 0 Å². The van der Waals surface area contributed by atoms with Crippen molar-refractivity contribution in [3.63, 3.8) is 0 Å². The van der Waals surface area contributed by atoms with E-state index in [1.165, 1.54) is 22.8 Å². The number of nitrogens with one attached hydrogen (secondary N) is 1. The molecule has 0 saturated carbocycles. The Labute approximate surface area is 149 Å². The third kappa shape index (κ3) is 2.80. The first-order chi connectivity index (χ1) is 12.1. The van der Waals surface area contributed by atoms with Crippen molar-refractivity contribution in [2.24, 2.45) is 0 Å². The summed E-state index contributed by atoms with van der Waals surface area (Å²) in [5.41, 5.74) is 1.32. The molecule has 4 rings (SSSR count). The number of aromatic nitrogens is 3. The third-order valence-corrected chi connectivity index (χ3v) is 4.09. The molecule has 25 heavy (non-hydrogen) atoms. The molecule has 3 heterocycles. The summed E-state index contributed by atoms with van der Waals surface area (Å²) >= 11 is 3.18. The number of halogens is 2. The van der Waals surface area contributed by atoms with E-state index in [1.807, 2.05) is 0 Å². The van der Waals surface area contributed by atoms with Crippen LogP contribution < -0.4 is 5.32 Å². The van der Waals surface area contributed by atoms with Crippen LogP contribution in [0.5, 0.6) is 0 Å². The number of anilines is 1. The van der Waals surface area contributed by atoms with Gasteiger partial charge in [-0.15, -0.1) is 0 Å². The lowest BCUT2D eigenvalue weighted by atomic mass is 10.2. The maximum absolute atomic E-state index is 13.9. The number of hydrogen-bond acceptors (Lipinski definition) is 4. The van der Waals surface area contributed by atoms with E-state index in [0.717, 1.165) is 0 Å². The Morgan fingerprint density at radius 1 is 1.28 bits per heavy atom. The second-order valence-electron chi connectivity index (χ2n) is 5.18. The van der Waals surface area contributed by atoms with Gasteiger partial charge in [0.1, 0.15) is 17.1 Å². The van der Waals surface area contributed by atoms with Gasteiger partial charge in [0.2, 0.25) is 0 Å². The van der Waals surface area contributed by atoms with Crippen LogP contribution in [0.3, 0.4) is 0 Å². The highest BCUT2D eigenvalue weighted by molar-refractivity contribution is 9.10. The van der Waals surface area contributed by atoms with E-state index in [2.05, 4.69) is 31.3 Å². The van der Waals surface area contributed by atoms with Gasteiger partial charge in [-0.05, 0) is 36.4 Å². The second kappa shape index (κ2) is 6.14. The normalized spacial score (nSPS) is 11.0. The van der Waals surface area contributed by atoms with Gasteiger partial charge < -0.3 is 9.73 Å². The molecule has 8 heteroatoms. The largest absolute Gasteiger partial charge is 0.463 e. The maximum atomic E-state index is 13.9. The van der Waals surface area contributed by atoms with Crippen molar-refractivity contribution in [1.29, 1.82) is 0 Å². The van der Waals surface area contributed by atoms with Gasteiger partial charge in [-0.2, -0.15) is 5.10 Å². The van der Waals surface area contributed by atoms with Crippen molar-refractivity contribution in [2.45, 2.75) is 0 Å². The lowest BCUT2D eigenvalue weighted by Gasteiger charge is -2.06. The van der Waals surface area contributed by atoms with Crippen LogP contribution in [0, 0.1) is 5.82 Å². The molecule has 0 aliphatic carbocycles. The highest BCUT2D eigenvalue weighted by Gasteiger charge is 2.18. The molecule has 0 radical (unpaired) electrons. The zero-order valence-corrected chi connectivity index (χ0v) is 14.2. The number of furan rings is 1. The fourth-order valence-electron chi connectivity index (χ4n) is 2.44. The summed E-state index contributed by atoms with van der Waals surface area (Å²) in [7, 11) is 0. The SMILES string of the molecule is O=C(Nc1ccc(Br)cc1F)c1cnn2c(-c3ccco3)ccnc12. The minimum Gasteiger partial charge on any atom is -0.463 e. The molecule has 0 aliphatic heterocycles. The van der Waals surface area contributed by atoms with Crippen molar-refractivity contribution in [3.05, 3.63) is 70.9 Å². The fourth-order valence-corrected chi connectivity index (χ4v) is 2.78. The monoisotopic (exact) mass is 400 g/mol. The molecule has 0 fully saturated rings. The highest BCUT2D eigenvalue weighted by atomic mass is 79.9. The topological polar surface area (TPSA) is 72.4 Å². The number of carbonyl (C=O) groups is 1. The van der Waals surface area contributed by atoms with Crippen LogP contribution in [0.4, 0.5) is 10.1 Å². The lowest BCUT2D eigenvalue weighted by Crippen LogP contribution is -2.13. The zero-order valence-electron chi connectivity index (χ0n) is 12.6. The summed E-state index contributed by atoms with van der Waals surface area (Å²) in [5.74, 6) is -0.440. The molecule has 4 aromatic rings. The fraction of sp³-hybridized carbons (Fsp3) is 0. The standard InChI is InChI=1S/C17H10BrFN4O2/c18-10-3-4-13(12(19)8-10)22-17(24)11-9-21-23-14(5-6-20-16(11)23)15-2-1-7-25-15/h1-9H,(H,22,24). The van der Waals surface area contributed by atoms with Gasteiger partial charge in [-0.1, -0.05) is 15.9 Å². The predicted octanol–water partition coefficient (Wildman–Crippen LogP) is 4.14. The molecular formula is C17H10BrFN4O2. The van der Waals surface area contributed by atoms with E-state index in [4.69, 9.17) is 4.42 Å². The quantitative estimate of drug-likeness (QED) is 0.560. The van der Waals surface area contributed by atoms with E-state index in [9.17, 15) is 9.18 Å². The van der Waals surface area contributed by atoms with Gasteiger partial charge in [-0.3, -0.25) is 4.79 Å². The van der Waals surface area contributed by atoms with Crippen LogP contribution in [-0.2, 0) is 0 Å². The molecule has 124 valence electrons. The molecule has 0 aliphatic rings. The highest BCUT2D eigenvalue weighted by Crippen LogP contribution is 2.23. The number of carbonyl (C=O) groups excluding carboxylic acids is 1. The Morgan fingerprint density at radius 3 is 2.92 bits per heavy atom. The molecule has 0 unspecified atom stereocenters. The Hall–Kier alpha value is -3.00. The average molecular weight is 401 g/mol. The molecule has 0 saturated heterocycles. The summed E-state index contributed by atoms with van der Waals surface area (Å²) < 4.78 is 21.4. The predicted molar refractivity (Wildman–Crippen MR) is 92.7 cm³/mol. The van der Waals surface area contributed by atoms with E-state index in [-0.39, 0.29) is 11.3 Å². The van der Waals surface area contributed by atoms with Gasteiger partial charge in [0, 0.05) is 10.7 Å². The number of nitrogens with zero attached hydrogens (tertiary/aromatic N) is 3. The van der Waals surface area contributed by atoms with Crippen molar-refractivity contribution < 1.29 is 13.6 Å². The molecule has 0 bridgehead atoms. The van der Waals surface area contributed by atoms with Crippen LogP contribution >= 0.6 is 15.9 Å². The zero-order chi connectivity index (χ0) is 17.4. The number of amides is 1. The van der Waals surface area contributed by atoms with Gasteiger partial charge in [0.25, 0.3) is 5.91 Å². The maximum Gasteiger partial charge on any atom is 0.261 e. The summed E-state index contributed by atoms with van der Waals surface area (Å²) in [6, 6.07) is 9.67. The lowest BCUT2D eigenvalue weighted by molar-refractivity contribution is 0.102. The van der Waals surface area contributed by atoms with Crippen LogP contribution in [0.1, 0.15) is 10.4 Å². The van der Waals surface area contributed by atoms with Crippen LogP contribution in [0.25, 0.3) is 17.1 Å². The molecule has 1 aromatic carbocycles. The smallest absolute Gasteiger partial charge is 0.261 e. The number of fused-ring (bicyclic) bond motifs is 1. The third-order valence-electron chi connectivity index (χ3n) is 3.60. The number of benzene rings is 1. The van der Waals surface area contributed by atoms with E-state index < -0.39 is 11.7 Å². The minimum absolute atomic E-state index is 0.0785. The molecule has 6 nitrogen and oxygen atoms in total. The number of hydrogen-bond donors (Lipinski definition) is 1. The van der Waals surface area contributed by atoms with Crippen molar-refractivity contribution >= 4 is 33.2 Å². The molecule has 0 atom stereocenters. The minimum atomic E-state index is -0.538. The summed E-state index contributed by atoms with van der Waals surface area (Å²) in [5, 5.41) is 6.74. The van der Waals surface area contributed by atoms with Gasteiger partial charge in [0.15, 0.2) is 11.4 Å². The Balaban J connectivity index is 1.72. The van der Waals surface area contributed by atoms with Gasteiger partial charge in [0.05, 0.1) is 18.1 Å². The first-order valence-electron chi connectivity index (χ1n) is 7.26. The van der Waals surface area contributed by atoms with Crippen LogP contribution in [0.2, 0.25) is 0 Å². The first-order valence-corrected chi connectivity index (χ1v) is 8.06. The van der Waals surface area contributed by atoms with Crippen molar-refractivity contribution in [1.82, 2.24) is 14.6 Å². The van der Waals surface area contributed by atoms with Gasteiger partial charge in [-0.25, -0.2) is 13.9 Å². The van der Waals surface area contributed by atoms with Crippen molar-refractivity contribution in [2.75, 3.05) is 5.32 Å². The summed E-state index contributed by atoms with van der Waals surface area (Å²) in [6.45, 7) is 0. The molecule has 1 N–H and O–H groups in total. The Kier molecular flexibility index (Phi) is 3.81. The van der Waals surface area contributed by atoms with Crippen molar-refractivity contribution in [3.8, 4) is 11.5 Å².